The van der Waals surface area contributed by atoms with E-state index in [4.69, 9.17) is 14.2 Å². The lowest BCUT2D eigenvalue weighted by Gasteiger charge is -2.21. The van der Waals surface area contributed by atoms with Gasteiger partial charge < -0.3 is 24.0 Å². The summed E-state index contributed by atoms with van der Waals surface area (Å²) in [7, 11) is 3.30. The number of hydrogen-bond donors (Lipinski definition) is 0. The van der Waals surface area contributed by atoms with Gasteiger partial charge in [-0.05, 0) is 48.0 Å². The normalized spacial score (nSPS) is 12.9. The van der Waals surface area contributed by atoms with Crippen molar-refractivity contribution in [3.8, 4) is 23.1 Å². The zero-order chi connectivity index (χ0) is 20.1. The first-order valence-electron chi connectivity index (χ1n) is 9.33. The molecule has 0 saturated heterocycles. The van der Waals surface area contributed by atoms with Crippen LogP contribution in [0, 0.1) is 0 Å². The molecular weight excluding hydrogens is 366 g/mol. The highest BCUT2D eigenvalue weighted by molar-refractivity contribution is 5.52. The van der Waals surface area contributed by atoms with Crippen LogP contribution in [0.4, 0.5) is 5.69 Å². The predicted molar refractivity (Wildman–Crippen MR) is 112 cm³/mol. The molecule has 1 aliphatic rings. The number of methoxy groups -OCH3 is 2. The van der Waals surface area contributed by atoms with Crippen molar-refractivity contribution in [2.24, 2.45) is 0 Å². The van der Waals surface area contributed by atoms with E-state index in [1.54, 1.807) is 32.5 Å². The van der Waals surface area contributed by atoms with Crippen LogP contribution in [0.25, 0.3) is 0 Å². The first-order chi connectivity index (χ1) is 14.2. The molecule has 0 N–H and O–H groups in total. The number of ether oxygens (including phenoxy) is 3. The number of anilines is 1. The summed E-state index contributed by atoms with van der Waals surface area (Å²) < 4.78 is 16.2. The van der Waals surface area contributed by atoms with Crippen LogP contribution in [0.15, 0.2) is 79.3 Å². The van der Waals surface area contributed by atoms with Gasteiger partial charge >= 0.3 is 0 Å². The van der Waals surface area contributed by atoms with Crippen molar-refractivity contribution in [2.75, 3.05) is 25.8 Å². The average molecular weight is 389 g/mol. The van der Waals surface area contributed by atoms with Gasteiger partial charge in [-0.1, -0.05) is 12.1 Å². The Bertz CT molecular complexity index is 971. The van der Waals surface area contributed by atoms with Crippen molar-refractivity contribution in [2.45, 2.75) is 6.54 Å². The van der Waals surface area contributed by atoms with E-state index in [-0.39, 0.29) is 0 Å². The zero-order valence-electron chi connectivity index (χ0n) is 16.5. The van der Waals surface area contributed by atoms with E-state index in [0.29, 0.717) is 11.6 Å². The van der Waals surface area contributed by atoms with Crippen molar-refractivity contribution in [3.05, 3.63) is 84.8 Å². The highest BCUT2D eigenvalue weighted by Gasteiger charge is 2.14. The highest BCUT2D eigenvalue weighted by Crippen LogP contribution is 2.27. The number of hydrogen-bond acceptors (Lipinski definition) is 6. The summed E-state index contributed by atoms with van der Waals surface area (Å²) in [6, 6.07) is 19.7. The highest BCUT2D eigenvalue weighted by atomic mass is 16.5. The van der Waals surface area contributed by atoms with Gasteiger partial charge in [-0.2, -0.15) is 0 Å². The molecule has 0 amide bonds. The standard InChI is InChI=1S/C23H23N3O3/c1-27-20-7-3-18(4-8-20)16-25-13-14-26(17-25)19-5-9-21(10-6-19)29-23-15-22(28-2)11-12-24-23/h3-15H,16-17H2,1-2H3. The van der Waals surface area contributed by atoms with E-state index >= 15 is 0 Å². The molecule has 3 aromatic rings. The lowest BCUT2D eigenvalue weighted by molar-refractivity contribution is 0.397. The second-order valence-corrected chi connectivity index (χ2v) is 6.63. The van der Waals surface area contributed by atoms with Crippen LogP contribution in [0.5, 0.6) is 23.1 Å². The molecule has 6 nitrogen and oxygen atoms in total. The van der Waals surface area contributed by atoms with Crippen LogP contribution in [-0.2, 0) is 6.54 Å². The van der Waals surface area contributed by atoms with Crippen LogP contribution in [0.1, 0.15) is 5.56 Å². The molecule has 0 atom stereocenters. The third kappa shape index (κ3) is 4.60. The molecule has 4 rings (SSSR count). The first-order valence-corrected chi connectivity index (χ1v) is 9.33. The topological polar surface area (TPSA) is 47.1 Å². The van der Waals surface area contributed by atoms with Gasteiger partial charge in [0.15, 0.2) is 0 Å². The zero-order valence-corrected chi connectivity index (χ0v) is 16.5. The molecule has 1 aliphatic heterocycles. The van der Waals surface area contributed by atoms with Crippen molar-refractivity contribution in [1.82, 2.24) is 9.88 Å². The van der Waals surface area contributed by atoms with E-state index in [1.165, 1.54) is 5.56 Å². The first kappa shape index (κ1) is 18.7. The third-order valence-corrected chi connectivity index (χ3v) is 4.67. The van der Waals surface area contributed by atoms with Crippen LogP contribution in [0.3, 0.4) is 0 Å². The summed E-state index contributed by atoms with van der Waals surface area (Å²) in [5.74, 6) is 2.82. The Morgan fingerprint density at radius 1 is 0.828 bits per heavy atom. The number of rotatable bonds is 7. The Balaban J connectivity index is 1.35. The molecule has 0 saturated carbocycles. The van der Waals surface area contributed by atoms with Crippen molar-refractivity contribution >= 4 is 5.69 Å². The van der Waals surface area contributed by atoms with Crippen LogP contribution in [0.2, 0.25) is 0 Å². The maximum Gasteiger partial charge on any atom is 0.222 e. The van der Waals surface area contributed by atoms with Gasteiger partial charge in [0.1, 0.15) is 17.2 Å². The van der Waals surface area contributed by atoms with Crippen molar-refractivity contribution in [3.63, 3.8) is 0 Å². The molecule has 6 heteroatoms. The maximum atomic E-state index is 5.81. The number of pyridine rings is 1. The summed E-state index contributed by atoms with van der Waals surface area (Å²) in [6.45, 7) is 1.64. The molecule has 0 bridgehead atoms. The van der Waals surface area contributed by atoms with Gasteiger partial charge in [-0.3, -0.25) is 0 Å². The molecule has 0 spiro atoms. The lowest BCUT2D eigenvalue weighted by Crippen LogP contribution is -2.24. The van der Waals surface area contributed by atoms with Gasteiger partial charge in [-0.25, -0.2) is 4.98 Å². The van der Waals surface area contributed by atoms with E-state index in [9.17, 15) is 0 Å². The Kier molecular flexibility index (Phi) is 5.52. The fraction of sp³-hybridized carbons (Fsp3) is 0.174. The molecule has 2 aromatic carbocycles. The Morgan fingerprint density at radius 3 is 2.28 bits per heavy atom. The van der Waals surface area contributed by atoms with E-state index in [2.05, 4.69) is 39.3 Å². The quantitative estimate of drug-likeness (QED) is 0.587. The molecule has 0 aliphatic carbocycles. The van der Waals surface area contributed by atoms with E-state index in [1.807, 2.05) is 36.4 Å². The van der Waals surface area contributed by atoms with Gasteiger partial charge in [0.2, 0.25) is 5.88 Å². The minimum absolute atomic E-state index is 0.504. The molecule has 0 fully saturated rings. The van der Waals surface area contributed by atoms with E-state index < -0.39 is 0 Å². The number of nitrogens with zero attached hydrogens (tertiary/aromatic N) is 3. The summed E-state index contributed by atoms with van der Waals surface area (Å²) >= 11 is 0. The number of benzene rings is 2. The molecule has 29 heavy (non-hydrogen) atoms. The minimum atomic E-state index is 0.504. The smallest absolute Gasteiger partial charge is 0.222 e. The van der Waals surface area contributed by atoms with Gasteiger partial charge in [-0.15, -0.1) is 0 Å². The number of aromatic nitrogens is 1. The summed E-state index contributed by atoms with van der Waals surface area (Å²) in [5, 5.41) is 0. The van der Waals surface area contributed by atoms with Gasteiger partial charge in [0.05, 0.1) is 20.9 Å². The largest absolute Gasteiger partial charge is 0.497 e. The van der Waals surface area contributed by atoms with Crippen LogP contribution in [-0.4, -0.2) is 30.8 Å². The van der Waals surface area contributed by atoms with Gasteiger partial charge in [0.25, 0.3) is 0 Å². The SMILES string of the molecule is COc1ccc(CN2C=CN(c3ccc(Oc4cc(OC)ccn4)cc3)C2)cc1. The van der Waals surface area contributed by atoms with Crippen LogP contribution >= 0.6 is 0 Å². The van der Waals surface area contributed by atoms with Crippen molar-refractivity contribution < 1.29 is 14.2 Å². The summed E-state index contributed by atoms with van der Waals surface area (Å²) in [6.07, 6.45) is 5.85. The Morgan fingerprint density at radius 2 is 1.55 bits per heavy atom. The molecule has 2 heterocycles. The fourth-order valence-electron chi connectivity index (χ4n) is 3.10. The summed E-state index contributed by atoms with van der Waals surface area (Å²) in [4.78, 5) is 8.65. The Labute approximate surface area is 170 Å². The Hall–Kier alpha value is -3.67. The van der Waals surface area contributed by atoms with Crippen LogP contribution < -0.4 is 19.1 Å². The molecule has 148 valence electrons. The second-order valence-electron chi connectivity index (χ2n) is 6.63. The fourth-order valence-corrected chi connectivity index (χ4v) is 3.10. The monoisotopic (exact) mass is 389 g/mol. The predicted octanol–water partition coefficient (Wildman–Crippen LogP) is 4.64. The lowest BCUT2D eigenvalue weighted by atomic mass is 10.2. The molecular formula is C23H23N3O3. The average Bonchev–Trinajstić information content (AvgIpc) is 3.23. The third-order valence-electron chi connectivity index (χ3n) is 4.67. The second kappa shape index (κ2) is 8.56. The minimum Gasteiger partial charge on any atom is -0.497 e. The van der Waals surface area contributed by atoms with Crippen molar-refractivity contribution in [1.29, 1.82) is 0 Å². The molecule has 1 aromatic heterocycles. The summed E-state index contributed by atoms with van der Waals surface area (Å²) in [5.41, 5.74) is 2.34. The molecule has 0 unspecified atom stereocenters. The molecule has 0 radical (unpaired) electrons. The van der Waals surface area contributed by atoms with E-state index in [0.717, 1.165) is 30.4 Å². The van der Waals surface area contributed by atoms with Gasteiger partial charge in [0, 0.05) is 36.9 Å². The maximum absolute atomic E-state index is 5.81.